The smallest absolute Gasteiger partial charge is 0.235 e. The monoisotopic (exact) mass is 304 g/mol. The molecule has 1 aliphatic carbocycles. The summed E-state index contributed by atoms with van der Waals surface area (Å²) < 4.78 is 0. The summed E-state index contributed by atoms with van der Waals surface area (Å²) in [6, 6.07) is 16.2. The van der Waals surface area contributed by atoms with Crippen molar-refractivity contribution in [2.24, 2.45) is 0 Å². The number of nitrogens with one attached hydrogen (secondary N) is 2. The van der Waals surface area contributed by atoms with Crippen molar-refractivity contribution < 1.29 is 4.79 Å². The quantitative estimate of drug-likeness (QED) is 0.737. The predicted octanol–water partition coefficient (Wildman–Crippen LogP) is 4.40. The van der Waals surface area contributed by atoms with Crippen LogP contribution in [0.4, 0.5) is 5.69 Å². The summed E-state index contributed by atoms with van der Waals surface area (Å²) in [5.41, 5.74) is 3.96. The van der Waals surface area contributed by atoms with Crippen molar-refractivity contribution in [3.8, 4) is 0 Å². The summed E-state index contributed by atoms with van der Waals surface area (Å²) in [6.45, 7) is 2.11. The van der Waals surface area contributed by atoms with Gasteiger partial charge in [0, 0.05) is 22.8 Å². The fraction of sp³-hybridized carbons (Fsp3) is 0.250. The molecule has 2 aromatic carbocycles. The highest BCUT2D eigenvalue weighted by Gasteiger charge is 2.52. The Morgan fingerprint density at radius 3 is 2.65 bits per heavy atom. The van der Waals surface area contributed by atoms with Crippen LogP contribution in [-0.4, -0.2) is 10.9 Å². The van der Waals surface area contributed by atoms with E-state index in [0.717, 1.165) is 41.4 Å². The lowest BCUT2D eigenvalue weighted by atomic mass is 9.94. The third-order valence-electron chi connectivity index (χ3n) is 4.94. The Morgan fingerprint density at radius 1 is 1.13 bits per heavy atom. The van der Waals surface area contributed by atoms with Crippen LogP contribution in [0, 0.1) is 0 Å². The van der Waals surface area contributed by atoms with Crippen molar-refractivity contribution in [3.05, 3.63) is 65.9 Å². The van der Waals surface area contributed by atoms with E-state index >= 15 is 0 Å². The van der Waals surface area contributed by atoms with Gasteiger partial charge in [-0.2, -0.15) is 0 Å². The lowest BCUT2D eigenvalue weighted by Crippen LogP contribution is -2.28. The molecule has 116 valence electrons. The molecule has 3 heteroatoms. The van der Waals surface area contributed by atoms with Gasteiger partial charge in [-0.05, 0) is 42.5 Å². The number of carbonyl (C=O) groups excluding carboxylic acids is 1. The van der Waals surface area contributed by atoms with Gasteiger partial charge in [0.15, 0.2) is 0 Å². The van der Waals surface area contributed by atoms with E-state index in [1.54, 1.807) is 0 Å². The van der Waals surface area contributed by atoms with E-state index in [4.69, 9.17) is 0 Å². The highest BCUT2D eigenvalue weighted by Crippen LogP contribution is 2.51. The van der Waals surface area contributed by atoms with Crippen molar-refractivity contribution in [1.29, 1.82) is 0 Å². The molecule has 0 radical (unpaired) electrons. The maximum Gasteiger partial charge on any atom is 0.235 e. The number of carbonyl (C=O) groups is 1. The van der Waals surface area contributed by atoms with E-state index < -0.39 is 0 Å². The molecule has 23 heavy (non-hydrogen) atoms. The van der Waals surface area contributed by atoms with Gasteiger partial charge in [-0.25, -0.2) is 0 Å². The van der Waals surface area contributed by atoms with Crippen molar-refractivity contribution in [2.75, 3.05) is 5.32 Å². The number of fused-ring (bicyclic) bond motifs is 1. The van der Waals surface area contributed by atoms with Gasteiger partial charge < -0.3 is 10.3 Å². The van der Waals surface area contributed by atoms with Crippen LogP contribution in [0.2, 0.25) is 0 Å². The molecule has 3 aromatic rings. The molecule has 0 atom stereocenters. The molecule has 0 bridgehead atoms. The number of amides is 1. The number of hydrogen-bond donors (Lipinski definition) is 2. The highest BCUT2D eigenvalue weighted by molar-refractivity contribution is 6.04. The second-order valence-electron chi connectivity index (χ2n) is 6.29. The summed E-state index contributed by atoms with van der Waals surface area (Å²) >= 11 is 0. The summed E-state index contributed by atoms with van der Waals surface area (Å²) in [5, 5.41) is 4.32. The number of anilines is 1. The molecule has 2 N–H and O–H groups in total. The van der Waals surface area contributed by atoms with Crippen molar-refractivity contribution >= 4 is 22.5 Å². The van der Waals surface area contributed by atoms with Crippen LogP contribution in [0.1, 0.15) is 30.9 Å². The number of para-hydroxylation sites is 2. The first-order valence-electron chi connectivity index (χ1n) is 8.20. The molecule has 0 spiro atoms. The number of benzene rings is 2. The molecule has 1 aliphatic rings. The zero-order valence-electron chi connectivity index (χ0n) is 13.2. The average molecular weight is 304 g/mol. The lowest BCUT2D eigenvalue weighted by molar-refractivity contribution is -0.118. The third kappa shape index (κ3) is 2.24. The topological polar surface area (TPSA) is 44.9 Å². The molecule has 1 aromatic heterocycles. The molecule has 0 unspecified atom stereocenters. The second kappa shape index (κ2) is 5.27. The lowest BCUT2D eigenvalue weighted by Gasteiger charge is -2.16. The maximum atomic E-state index is 13.0. The Hall–Kier alpha value is -2.55. The van der Waals surface area contributed by atoms with Crippen LogP contribution in [0.25, 0.3) is 10.9 Å². The minimum atomic E-state index is -0.375. The molecule has 4 rings (SSSR count). The number of hydrogen-bond acceptors (Lipinski definition) is 1. The van der Waals surface area contributed by atoms with Gasteiger partial charge in [0.25, 0.3) is 0 Å². The Kier molecular flexibility index (Phi) is 3.22. The van der Waals surface area contributed by atoms with Crippen molar-refractivity contribution in [3.63, 3.8) is 0 Å². The van der Waals surface area contributed by atoms with Gasteiger partial charge in [0.2, 0.25) is 5.91 Å². The fourth-order valence-corrected chi connectivity index (χ4v) is 3.40. The second-order valence-corrected chi connectivity index (χ2v) is 6.29. The van der Waals surface area contributed by atoms with E-state index in [-0.39, 0.29) is 11.3 Å². The molecule has 1 amide bonds. The van der Waals surface area contributed by atoms with Gasteiger partial charge in [-0.3, -0.25) is 4.79 Å². The number of aryl methyl sites for hydroxylation is 1. The minimum absolute atomic E-state index is 0.114. The molecule has 1 fully saturated rings. The standard InChI is InChI=1S/C20H20N2O/c1-2-14-7-3-5-9-17(14)22-19(23)20(11-12-20)16-13-21-18-10-6-4-8-15(16)18/h3-10,13,21H,2,11-12H2,1H3,(H,22,23). The van der Waals surface area contributed by atoms with Crippen molar-refractivity contribution in [1.82, 2.24) is 4.98 Å². The normalized spacial score (nSPS) is 15.5. The first-order valence-corrected chi connectivity index (χ1v) is 8.20. The zero-order chi connectivity index (χ0) is 15.9. The SMILES string of the molecule is CCc1ccccc1NC(=O)C1(c2c[nH]c3ccccc23)CC1. The number of aromatic amines is 1. The van der Waals surface area contributed by atoms with Crippen LogP contribution >= 0.6 is 0 Å². The largest absolute Gasteiger partial charge is 0.361 e. The van der Waals surface area contributed by atoms with Crippen LogP contribution < -0.4 is 5.32 Å². The number of H-pyrrole nitrogens is 1. The third-order valence-corrected chi connectivity index (χ3v) is 4.94. The molecule has 0 saturated heterocycles. The van der Waals surface area contributed by atoms with Gasteiger partial charge in [-0.15, -0.1) is 0 Å². The minimum Gasteiger partial charge on any atom is -0.361 e. The highest BCUT2D eigenvalue weighted by atomic mass is 16.2. The van der Waals surface area contributed by atoms with Crippen LogP contribution in [-0.2, 0) is 16.6 Å². The first kappa shape index (κ1) is 14.1. The van der Waals surface area contributed by atoms with E-state index in [1.165, 1.54) is 5.56 Å². The average Bonchev–Trinajstić information content (AvgIpc) is 3.28. The van der Waals surface area contributed by atoms with E-state index in [9.17, 15) is 4.79 Å². The van der Waals surface area contributed by atoms with E-state index in [2.05, 4.69) is 35.4 Å². The van der Waals surface area contributed by atoms with Gasteiger partial charge in [0.1, 0.15) is 0 Å². The van der Waals surface area contributed by atoms with Crippen molar-refractivity contribution in [2.45, 2.75) is 31.6 Å². The molecule has 3 nitrogen and oxygen atoms in total. The summed E-state index contributed by atoms with van der Waals surface area (Å²) in [4.78, 5) is 16.3. The maximum absolute atomic E-state index is 13.0. The Morgan fingerprint density at radius 2 is 1.87 bits per heavy atom. The van der Waals surface area contributed by atoms with Crippen LogP contribution in [0.3, 0.4) is 0 Å². The van der Waals surface area contributed by atoms with Gasteiger partial charge >= 0.3 is 0 Å². The van der Waals surface area contributed by atoms with Crippen LogP contribution in [0.15, 0.2) is 54.7 Å². The molecule has 1 heterocycles. The summed E-state index contributed by atoms with van der Waals surface area (Å²) in [6.07, 6.45) is 4.74. The predicted molar refractivity (Wildman–Crippen MR) is 93.7 cm³/mol. The van der Waals surface area contributed by atoms with E-state index in [0.29, 0.717) is 0 Å². The number of rotatable bonds is 4. The molecule has 1 saturated carbocycles. The van der Waals surface area contributed by atoms with Gasteiger partial charge in [0.05, 0.1) is 5.41 Å². The fourth-order valence-electron chi connectivity index (χ4n) is 3.40. The molecular formula is C20H20N2O. The molecular weight excluding hydrogens is 284 g/mol. The van der Waals surface area contributed by atoms with Crippen LogP contribution in [0.5, 0.6) is 0 Å². The Balaban J connectivity index is 1.68. The molecule has 0 aliphatic heterocycles. The van der Waals surface area contributed by atoms with E-state index in [1.807, 2.05) is 36.5 Å². The van der Waals surface area contributed by atoms with Gasteiger partial charge in [-0.1, -0.05) is 43.3 Å². The summed E-state index contributed by atoms with van der Waals surface area (Å²) in [5.74, 6) is 0.114. The summed E-state index contributed by atoms with van der Waals surface area (Å²) in [7, 11) is 0. The number of aromatic nitrogens is 1. The Labute approximate surface area is 135 Å². The zero-order valence-corrected chi connectivity index (χ0v) is 13.2. The Bertz CT molecular complexity index is 874. The first-order chi connectivity index (χ1) is 11.2.